The van der Waals surface area contributed by atoms with Gasteiger partial charge in [0.2, 0.25) is 0 Å². The smallest absolute Gasteiger partial charge is 0.261 e. The van der Waals surface area contributed by atoms with Crippen molar-refractivity contribution < 1.29 is 19.2 Å². The summed E-state index contributed by atoms with van der Waals surface area (Å²) in [5.41, 5.74) is 3.63. The summed E-state index contributed by atoms with van der Waals surface area (Å²) in [5.74, 6) is -0.987. The molecule has 3 aromatic carbocycles. The van der Waals surface area contributed by atoms with E-state index in [-0.39, 0.29) is 29.8 Å². The Morgan fingerprint density at radius 2 is 1.22 bits per heavy atom. The summed E-state index contributed by atoms with van der Waals surface area (Å²) < 4.78 is 0. The summed E-state index contributed by atoms with van der Waals surface area (Å²) in [6, 6.07) is 21.6. The van der Waals surface area contributed by atoms with Gasteiger partial charge in [0.25, 0.3) is 23.6 Å². The predicted octanol–water partition coefficient (Wildman–Crippen LogP) is 3.64. The first-order chi connectivity index (χ1) is 17.5. The molecule has 36 heavy (non-hydrogen) atoms. The highest BCUT2D eigenvalue weighted by Gasteiger charge is 2.36. The third-order valence-corrected chi connectivity index (χ3v) is 6.86. The summed E-state index contributed by atoms with van der Waals surface area (Å²) in [5, 5.41) is 0. The molecule has 0 aromatic heterocycles. The number of rotatable bonds is 5. The summed E-state index contributed by atoms with van der Waals surface area (Å²) in [6.45, 7) is 3.94. The number of amides is 4. The maximum Gasteiger partial charge on any atom is 0.261 e. The molecule has 0 bridgehead atoms. The molecule has 1 fully saturated rings. The van der Waals surface area contributed by atoms with Gasteiger partial charge in [-0.15, -0.1) is 0 Å². The van der Waals surface area contributed by atoms with Crippen LogP contribution < -0.4 is 0 Å². The molecule has 4 amide bonds. The van der Waals surface area contributed by atoms with E-state index in [1.807, 2.05) is 54.6 Å². The lowest BCUT2D eigenvalue weighted by atomic mass is 10.0. The van der Waals surface area contributed by atoms with E-state index in [0.717, 1.165) is 12.0 Å². The number of hydrogen-bond acceptors (Lipinski definition) is 4. The van der Waals surface area contributed by atoms with Crippen LogP contribution in [0.3, 0.4) is 0 Å². The zero-order chi connectivity index (χ0) is 25.2. The molecule has 7 nitrogen and oxygen atoms in total. The number of piperazine rings is 1. The lowest BCUT2D eigenvalue weighted by Gasteiger charge is -2.35. The van der Waals surface area contributed by atoms with Crippen LogP contribution in [0.5, 0.6) is 0 Å². The lowest BCUT2D eigenvalue weighted by Crippen LogP contribution is -2.50. The minimum absolute atomic E-state index is 0.0371. The van der Waals surface area contributed by atoms with Gasteiger partial charge in [0.1, 0.15) is 0 Å². The highest BCUT2D eigenvalue weighted by Crippen LogP contribution is 2.26. The van der Waals surface area contributed by atoms with Crippen molar-refractivity contribution >= 4 is 23.6 Å². The number of fused-ring (bicyclic) bond motifs is 1. The molecule has 0 saturated carbocycles. The summed E-state index contributed by atoms with van der Waals surface area (Å²) in [4.78, 5) is 56.5. The first-order valence-electron chi connectivity index (χ1n) is 12.2. The topological polar surface area (TPSA) is 78.0 Å². The van der Waals surface area contributed by atoms with Crippen molar-refractivity contribution in [3.05, 3.63) is 106 Å². The molecule has 7 heteroatoms. The van der Waals surface area contributed by atoms with Crippen LogP contribution in [0.15, 0.2) is 72.8 Å². The minimum Gasteiger partial charge on any atom is -0.335 e. The Labute approximate surface area is 209 Å². The fraction of sp³-hybridized carbons (Fsp3) is 0.241. The maximum absolute atomic E-state index is 13.2. The van der Waals surface area contributed by atoms with E-state index in [9.17, 15) is 19.2 Å². The first kappa shape index (κ1) is 23.5. The van der Waals surface area contributed by atoms with Gasteiger partial charge < -0.3 is 9.80 Å². The molecule has 0 N–H and O–H groups in total. The second-order valence-electron chi connectivity index (χ2n) is 9.08. The second-order valence-corrected chi connectivity index (χ2v) is 9.08. The number of aryl methyl sites for hydroxylation is 1. The minimum atomic E-state index is -0.391. The van der Waals surface area contributed by atoms with Crippen molar-refractivity contribution in [3.63, 3.8) is 0 Å². The molecule has 0 aliphatic carbocycles. The van der Waals surface area contributed by atoms with Crippen molar-refractivity contribution in [1.82, 2.24) is 14.7 Å². The SMILES string of the molecule is CCc1ccc(C(=O)N2CCN(C(=O)c3ccc4c(c3)C(=O)N(Cc3ccccc3)C4=O)CC2)cc1. The molecule has 0 unspecified atom stereocenters. The van der Waals surface area contributed by atoms with E-state index in [2.05, 4.69) is 6.92 Å². The van der Waals surface area contributed by atoms with Crippen molar-refractivity contribution in [3.8, 4) is 0 Å². The molecule has 182 valence electrons. The van der Waals surface area contributed by atoms with Crippen LogP contribution in [0.1, 0.15) is 59.5 Å². The Morgan fingerprint density at radius 3 is 1.83 bits per heavy atom. The molecule has 2 heterocycles. The molecule has 0 spiro atoms. The van der Waals surface area contributed by atoms with Crippen LogP contribution in [0.25, 0.3) is 0 Å². The fourth-order valence-electron chi connectivity index (χ4n) is 4.69. The van der Waals surface area contributed by atoms with Crippen LogP contribution in [0.4, 0.5) is 0 Å². The number of carbonyl (C=O) groups is 4. The molecular weight excluding hydrogens is 454 g/mol. The van der Waals surface area contributed by atoms with Crippen LogP contribution in [-0.4, -0.2) is 64.5 Å². The van der Waals surface area contributed by atoms with Gasteiger partial charge in [0.05, 0.1) is 17.7 Å². The highest BCUT2D eigenvalue weighted by molar-refractivity contribution is 6.22. The Bertz CT molecular complexity index is 1330. The average Bonchev–Trinajstić information content (AvgIpc) is 3.17. The summed E-state index contributed by atoms with van der Waals surface area (Å²) >= 11 is 0. The van der Waals surface area contributed by atoms with Crippen molar-refractivity contribution in [2.75, 3.05) is 26.2 Å². The normalized spacial score (nSPS) is 15.3. The van der Waals surface area contributed by atoms with E-state index < -0.39 is 5.91 Å². The Balaban J connectivity index is 1.24. The van der Waals surface area contributed by atoms with Gasteiger partial charge in [0.15, 0.2) is 0 Å². The predicted molar refractivity (Wildman–Crippen MR) is 135 cm³/mol. The quantitative estimate of drug-likeness (QED) is 0.522. The molecular formula is C29H27N3O4. The van der Waals surface area contributed by atoms with E-state index in [0.29, 0.717) is 42.9 Å². The van der Waals surface area contributed by atoms with Gasteiger partial charge >= 0.3 is 0 Å². The van der Waals surface area contributed by atoms with Gasteiger partial charge in [-0.2, -0.15) is 0 Å². The van der Waals surface area contributed by atoms with Crippen molar-refractivity contribution in [2.45, 2.75) is 19.9 Å². The molecule has 0 atom stereocenters. The van der Waals surface area contributed by atoms with Gasteiger partial charge in [0, 0.05) is 37.3 Å². The van der Waals surface area contributed by atoms with Gasteiger partial charge in [-0.3, -0.25) is 24.1 Å². The molecule has 3 aromatic rings. The molecule has 0 radical (unpaired) electrons. The zero-order valence-corrected chi connectivity index (χ0v) is 20.1. The Hall–Kier alpha value is -4.26. The second kappa shape index (κ2) is 9.77. The highest BCUT2D eigenvalue weighted by atomic mass is 16.2. The average molecular weight is 482 g/mol. The van der Waals surface area contributed by atoms with Crippen LogP contribution in [0.2, 0.25) is 0 Å². The first-order valence-corrected chi connectivity index (χ1v) is 12.2. The summed E-state index contributed by atoms with van der Waals surface area (Å²) in [7, 11) is 0. The van der Waals surface area contributed by atoms with Crippen LogP contribution >= 0.6 is 0 Å². The Kier molecular flexibility index (Phi) is 6.38. The monoisotopic (exact) mass is 481 g/mol. The number of benzene rings is 3. The fourth-order valence-corrected chi connectivity index (χ4v) is 4.69. The lowest BCUT2D eigenvalue weighted by molar-refractivity contribution is 0.0535. The van der Waals surface area contributed by atoms with E-state index >= 15 is 0 Å². The van der Waals surface area contributed by atoms with Gasteiger partial charge in [-0.1, -0.05) is 49.4 Å². The van der Waals surface area contributed by atoms with Crippen LogP contribution in [-0.2, 0) is 13.0 Å². The van der Waals surface area contributed by atoms with E-state index in [4.69, 9.17) is 0 Å². The van der Waals surface area contributed by atoms with E-state index in [1.165, 1.54) is 16.5 Å². The zero-order valence-electron chi connectivity index (χ0n) is 20.1. The number of imide groups is 1. The van der Waals surface area contributed by atoms with Crippen molar-refractivity contribution in [1.29, 1.82) is 0 Å². The molecule has 2 aliphatic rings. The third-order valence-electron chi connectivity index (χ3n) is 6.86. The number of hydrogen-bond donors (Lipinski definition) is 0. The molecule has 1 saturated heterocycles. The van der Waals surface area contributed by atoms with E-state index in [1.54, 1.807) is 21.9 Å². The maximum atomic E-state index is 13.2. The molecule has 2 aliphatic heterocycles. The van der Waals surface area contributed by atoms with Crippen LogP contribution in [0, 0.1) is 0 Å². The van der Waals surface area contributed by atoms with Gasteiger partial charge in [-0.25, -0.2) is 0 Å². The Morgan fingerprint density at radius 1 is 0.667 bits per heavy atom. The standard InChI is InChI=1S/C29H27N3O4/c1-2-20-8-10-22(11-9-20)26(33)30-14-16-31(17-15-30)27(34)23-12-13-24-25(18-23)29(36)32(28(24)35)19-21-6-4-3-5-7-21/h3-13,18H,2,14-17,19H2,1H3. The molecule has 5 rings (SSSR count). The number of carbonyl (C=O) groups excluding carboxylic acids is 4. The van der Waals surface area contributed by atoms with Gasteiger partial charge in [-0.05, 0) is 47.9 Å². The number of nitrogens with zero attached hydrogens (tertiary/aromatic N) is 3. The largest absolute Gasteiger partial charge is 0.335 e. The summed E-state index contributed by atoms with van der Waals surface area (Å²) in [6.07, 6.45) is 0.919. The van der Waals surface area contributed by atoms with Crippen molar-refractivity contribution in [2.24, 2.45) is 0 Å². The third kappa shape index (κ3) is 4.40.